The van der Waals surface area contributed by atoms with Crippen LogP contribution in [-0.2, 0) is 24.9 Å². The third-order valence-electron chi connectivity index (χ3n) is 3.62. The van der Waals surface area contributed by atoms with Crippen molar-refractivity contribution in [3.05, 3.63) is 29.6 Å². The quantitative estimate of drug-likeness (QED) is 0.502. The number of amides is 1. The Bertz CT molecular complexity index is 661. The number of nitrogens with zero attached hydrogens (tertiary/aromatic N) is 1. The van der Waals surface area contributed by atoms with E-state index in [1.54, 1.807) is 0 Å². The molecule has 0 saturated carbocycles. The first-order chi connectivity index (χ1) is 10.5. The monoisotopic (exact) mass is 374 g/mol. The Labute approximate surface area is 135 Å². The highest BCUT2D eigenvalue weighted by Gasteiger charge is 2.44. The van der Waals surface area contributed by atoms with Gasteiger partial charge in [0.1, 0.15) is 5.82 Å². The summed E-state index contributed by atoms with van der Waals surface area (Å²) in [7, 11) is 1.54. The van der Waals surface area contributed by atoms with Gasteiger partial charge in [-0.25, -0.2) is 4.39 Å². The first-order valence-electron chi connectivity index (χ1n) is 6.59. The summed E-state index contributed by atoms with van der Waals surface area (Å²) in [5.41, 5.74) is 0.152. The number of benzene rings is 1. The molecular weight excluding hydrogens is 362 g/mol. The topological polar surface area (TPSA) is 57.6 Å². The van der Waals surface area contributed by atoms with Gasteiger partial charge in [0.25, 0.3) is 0 Å². The summed E-state index contributed by atoms with van der Waals surface area (Å²) in [5, 5.41) is 0. The highest BCUT2D eigenvalue weighted by Crippen LogP contribution is 2.31. The Morgan fingerprint density at radius 1 is 1.43 bits per heavy atom. The summed E-state index contributed by atoms with van der Waals surface area (Å²) in [4.78, 5) is 11.7. The molecule has 0 bridgehead atoms. The standard InChI is InChI=1S/C13H12ClF4NO3S/c14-23(21,22)11-2-1-10(15)6-9(11)5-8-3-4-19(7-8)12(20)13(16,17)18/h1-2,6,8H,3-5,7H2/p+1/t8-/m0/s1. The molecule has 1 aliphatic rings. The maximum atomic E-state index is 13.3. The van der Waals surface area contributed by atoms with E-state index >= 15 is 0 Å². The second kappa shape index (κ2) is 6.37. The second-order valence-corrected chi connectivity index (χ2v) is 7.93. The molecule has 0 aliphatic carbocycles. The Kier molecular flexibility index (Phi) is 5.03. The minimum absolute atomic E-state index is 0.0546. The van der Waals surface area contributed by atoms with Crippen LogP contribution in [0.2, 0.25) is 0 Å². The Hall–Kier alpha value is -1.19. The van der Waals surface area contributed by atoms with Gasteiger partial charge in [0.05, 0.1) is 0 Å². The molecule has 128 valence electrons. The zero-order valence-electron chi connectivity index (χ0n) is 11.6. The van der Waals surface area contributed by atoms with Crippen LogP contribution in [0.15, 0.2) is 23.1 Å². The number of hydrogen-bond acceptors (Lipinski definition) is 2. The summed E-state index contributed by atoms with van der Waals surface area (Å²) in [6.07, 6.45) is -4.60. The highest BCUT2D eigenvalue weighted by atomic mass is 35.7. The second-order valence-electron chi connectivity index (χ2n) is 5.32. The molecule has 23 heavy (non-hydrogen) atoms. The van der Waals surface area contributed by atoms with E-state index in [-0.39, 0.29) is 42.3 Å². The van der Waals surface area contributed by atoms with Crippen LogP contribution in [0.4, 0.5) is 17.6 Å². The van der Waals surface area contributed by atoms with Crippen molar-refractivity contribution in [1.82, 2.24) is 4.90 Å². The zero-order valence-corrected chi connectivity index (χ0v) is 13.2. The Morgan fingerprint density at radius 3 is 2.65 bits per heavy atom. The molecule has 0 spiro atoms. The molecule has 4 nitrogen and oxygen atoms in total. The highest BCUT2D eigenvalue weighted by molar-refractivity contribution is 8.19. The third kappa shape index (κ3) is 4.42. The maximum absolute atomic E-state index is 13.3. The zero-order chi connectivity index (χ0) is 17.4. The molecule has 1 aromatic rings. The fourth-order valence-electron chi connectivity index (χ4n) is 2.63. The lowest BCUT2D eigenvalue weighted by Gasteiger charge is -2.18. The minimum atomic E-state index is -4.94. The number of halogens is 5. The fourth-order valence-corrected chi connectivity index (χ4v) is 3.78. The molecule has 1 unspecified atom stereocenters. The summed E-state index contributed by atoms with van der Waals surface area (Å²) < 4.78 is 71.6. The molecule has 2 atom stereocenters. The third-order valence-corrected chi connectivity index (χ3v) is 5.06. The smallest absolute Gasteiger partial charge is 0.335 e. The van der Waals surface area contributed by atoms with E-state index in [0.717, 1.165) is 18.2 Å². The van der Waals surface area contributed by atoms with Gasteiger partial charge in [-0.1, -0.05) is 0 Å². The van der Waals surface area contributed by atoms with Crippen molar-refractivity contribution in [3.8, 4) is 0 Å². The average Bonchev–Trinajstić information content (AvgIpc) is 2.83. The minimum Gasteiger partial charge on any atom is -0.335 e. The summed E-state index contributed by atoms with van der Waals surface area (Å²) in [6, 6.07) is 3.08. The molecule has 1 heterocycles. The fraction of sp³-hybridized carbons (Fsp3) is 0.462. The first-order valence-corrected chi connectivity index (χ1v) is 8.93. The van der Waals surface area contributed by atoms with E-state index in [1.807, 2.05) is 0 Å². The van der Waals surface area contributed by atoms with E-state index < -0.39 is 27.3 Å². The SMILES string of the molecule is O=C(N1CC[C@@H](Cc2cc(F)ccc2[S+](=O)(O)Cl)C1)C(F)(F)F. The van der Waals surface area contributed by atoms with Gasteiger partial charge in [-0.3, -0.25) is 4.79 Å². The maximum Gasteiger partial charge on any atom is 0.471 e. The lowest BCUT2D eigenvalue weighted by Crippen LogP contribution is -2.39. The van der Waals surface area contributed by atoms with Crippen LogP contribution in [0, 0.1) is 11.7 Å². The number of likely N-dealkylation sites (tertiary alicyclic amines) is 1. The van der Waals surface area contributed by atoms with Gasteiger partial charge >= 0.3 is 21.5 Å². The number of carbonyl (C=O) groups is 1. The van der Waals surface area contributed by atoms with Crippen molar-refractivity contribution in [2.45, 2.75) is 23.9 Å². The molecular formula is C13H13ClF4NO3S+. The van der Waals surface area contributed by atoms with Crippen molar-refractivity contribution in [1.29, 1.82) is 0 Å². The van der Waals surface area contributed by atoms with Crippen molar-refractivity contribution in [2.24, 2.45) is 5.92 Å². The van der Waals surface area contributed by atoms with E-state index in [1.165, 1.54) is 0 Å². The normalized spacial score (nSPS) is 21.3. The Morgan fingerprint density at radius 2 is 2.09 bits per heavy atom. The van der Waals surface area contributed by atoms with Crippen molar-refractivity contribution in [3.63, 3.8) is 0 Å². The van der Waals surface area contributed by atoms with Crippen molar-refractivity contribution >= 4 is 26.0 Å². The van der Waals surface area contributed by atoms with Gasteiger partial charge in [0, 0.05) is 24.7 Å². The molecule has 1 saturated heterocycles. The molecule has 2 rings (SSSR count). The van der Waals surface area contributed by atoms with E-state index in [0.29, 0.717) is 4.90 Å². The molecule has 1 N–H and O–H groups in total. The van der Waals surface area contributed by atoms with Crippen LogP contribution in [-0.4, -0.2) is 34.6 Å². The lowest BCUT2D eigenvalue weighted by molar-refractivity contribution is -0.184. The lowest BCUT2D eigenvalue weighted by atomic mass is 9.98. The van der Waals surface area contributed by atoms with Crippen LogP contribution < -0.4 is 0 Å². The van der Waals surface area contributed by atoms with Gasteiger partial charge in [-0.05, 0) is 35.1 Å². The predicted octanol–water partition coefficient (Wildman–Crippen LogP) is 3.26. The van der Waals surface area contributed by atoms with Gasteiger partial charge in [0.2, 0.25) is 15.6 Å². The summed E-state index contributed by atoms with van der Waals surface area (Å²) in [5.74, 6) is -2.94. The number of carbonyl (C=O) groups excluding carboxylic acids is 1. The van der Waals surface area contributed by atoms with Gasteiger partial charge in [0.15, 0.2) is 0 Å². The summed E-state index contributed by atoms with van der Waals surface area (Å²) >= 11 is 0. The molecule has 10 heteroatoms. The number of alkyl halides is 3. The first kappa shape index (κ1) is 18.2. The van der Waals surface area contributed by atoms with E-state index in [9.17, 15) is 31.1 Å². The predicted molar refractivity (Wildman–Crippen MR) is 75.6 cm³/mol. The molecule has 1 aliphatic heterocycles. The van der Waals surface area contributed by atoms with Crippen molar-refractivity contribution in [2.75, 3.05) is 13.1 Å². The van der Waals surface area contributed by atoms with Crippen LogP contribution in [0.25, 0.3) is 0 Å². The van der Waals surface area contributed by atoms with Crippen LogP contribution >= 0.6 is 10.7 Å². The van der Waals surface area contributed by atoms with Crippen LogP contribution in [0.5, 0.6) is 0 Å². The summed E-state index contributed by atoms with van der Waals surface area (Å²) in [6.45, 7) is -0.216. The number of rotatable bonds is 3. The number of hydrogen-bond donors (Lipinski definition) is 1. The molecule has 1 fully saturated rings. The van der Waals surface area contributed by atoms with Crippen LogP contribution in [0.1, 0.15) is 12.0 Å². The van der Waals surface area contributed by atoms with Crippen LogP contribution in [0.3, 0.4) is 0 Å². The average molecular weight is 375 g/mol. The molecule has 1 aromatic carbocycles. The largest absolute Gasteiger partial charge is 0.471 e. The van der Waals surface area contributed by atoms with Gasteiger partial charge < -0.3 is 4.90 Å². The van der Waals surface area contributed by atoms with Gasteiger partial charge in [-0.15, -0.1) is 0 Å². The van der Waals surface area contributed by atoms with Gasteiger partial charge in [-0.2, -0.15) is 17.7 Å². The van der Waals surface area contributed by atoms with Crippen molar-refractivity contribution < 1.29 is 31.1 Å². The molecule has 0 radical (unpaired) electrons. The molecule has 1 amide bonds. The molecule has 0 aromatic heterocycles. The van der Waals surface area contributed by atoms with E-state index in [4.69, 9.17) is 10.7 Å². The Balaban J connectivity index is 2.14. The van der Waals surface area contributed by atoms with E-state index in [2.05, 4.69) is 0 Å².